The fraction of sp³-hybridized carbons (Fsp3) is 0.676. The maximum atomic E-state index is 12.4. The number of carbonyl (C=O) groups is 2. The van der Waals surface area contributed by atoms with Crippen LogP contribution in [0.4, 0.5) is 0 Å². The number of hydrogen-bond donors (Lipinski definition) is 2. The van der Waals surface area contributed by atoms with Crippen molar-refractivity contribution in [1.82, 2.24) is 15.2 Å². The van der Waals surface area contributed by atoms with Gasteiger partial charge in [0.1, 0.15) is 0 Å². The van der Waals surface area contributed by atoms with Crippen LogP contribution < -0.4 is 5.32 Å². The Morgan fingerprint density at radius 2 is 1.85 bits per heavy atom. The lowest BCUT2D eigenvalue weighted by Crippen LogP contribution is -2.36. The van der Waals surface area contributed by atoms with E-state index in [1.165, 1.54) is 42.5 Å². The average molecular weight is 586 g/mol. The fourth-order valence-corrected chi connectivity index (χ4v) is 6.31. The Bertz CT molecular complexity index is 1060. The smallest absolute Gasteiger partial charge is 0.222 e. The molecule has 1 aliphatic heterocycles. The maximum Gasteiger partial charge on any atom is 0.222 e. The standard InChI is InChI=1S/C18H33NO2.C12H12N2OS.C4H10/c1-17(2,3)18(4)9-6-5-7-14(12-18)11-16(21)19-10-8-15(20)13-19;1-9-12(16-8-14-9)11-4-2-10(3-5-11)6-13-7-15;1-4(2)3/h14-15,20H,5-13H2,1-4H3;2-5,7-8H,6H2,1H3,(H,13,15);4H,1-3H3. The normalized spacial score (nSPS) is 22.6. The van der Waals surface area contributed by atoms with Gasteiger partial charge in [0.25, 0.3) is 0 Å². The van der Waals surface area contributed by atoms with Crippen molar-refractivity contribution < 1.29 is 14.7 Å². The van der Waals surface area contributed by atoms with Gasteiger partial charge in [0.05, 0.1) is 22.2 Å². The van der Waals surface area contributed by atoms with E-state index in [1.807, 2.05) is 29.5 Å². The Labute approximate surface area is 253 Å². The minimum atomic E-state index is -0.303. The zero-order valence-corrected chi connectivity index (χ0v) is 27.7. The van der Waals surface area contributed by atoms with E-state index in [2.05, 4.69) is 70.9 Å². The number of thiazole rings is 1. The molecule has 0 radical (unpaired) electrons. The van der Waals surface area contributed by atoms with Gasteiger partial charge in [-0.1, -0.05) is 85.6 Å². The van der Waals surface area contributed by atoms with Crippen LogP contribution in [0.25, 0.3) is 10.4 Å². The molecule has 2 amide bonds. The van der Waals surface area contributed by atoms with Crippen LogP contribution in [0.15, 0.2) is 29.8 Å². The van der Waals surface area contributed by atoms with E-state index in [9.17, 15) is 14.7 Å². The lowest BCUT2D eigenvalue weighted by Gasteiger charge is -2.43. The second-order valence-electron chi connectivity index (χ2n) is 13.8. The number of nitrogens with one attached hydrogen (secondary N) is 1. The first-order valence-electron chi connectivity index (χ1n) is 15.4. The summed E-state index contributed by atoms with van der Waals surface area (Å²) in [4.78, 5) is 29.9. The quantitative estimate of drug-likeness (QED) is 0.270. The van der Waals surface area contributed by atoms with Crippen LogP contribution in [-0.2, 0) is 16.1 Å². The van der Waals surface area contributed by atoms with Gasteiger partial charge in [0, 0.05) is 26.1 Å². The van der Waals surface area contributed by atoms with Crippen molar-refractivity contribution in [2.75, 3.05) is 13.1 Å². The monoisotopic (exact) mass is 585 g/mol. The van der Waals surface area contributed by atoms with Gasteiger partial charge in [0.15, 0.2) is 0 Å². The first kappa shape index (κ1) is 34.9. The lowest BCUT2D eigenvalue weighted by atomic mass is 9.62. The number of β-amino-alcohol motifs (C(OH)–C–C–N with tert-alkyl or cyclic N) is 1. The van der Waals surface area contributed by atoms with Crippen LogP contribution in [0.2, 0.25) is 0 Å². The Hall–Kier alpha value is -2.25. The summed E-state index contributed by atoms with van der Waals surface area (Å²) < 4.78 is 0. The van der Waals surface area contributed by atoms with Gasteiger partial charge in [-0.15, -0.1) is 11.3 Å². The number of amides is 2. The van der Waals surface area contributed by atoms with Crippen molar-refractivity contribution >= 4 is 23.7 Å². The highest BCUT2D eigenvalue weighted by molar-refractivity contribution is 7.13. The SMILES string of the molecule is CC(C)(C)C1(C)CCCCC(CC(=O)N2CCC(O)C2)C1.CC(C)C.Cc1ncsc1-c1ccc(CNC=O)cc1. The molecule has 2 aromatic rings. The number of benzene rings is 1. The van der Waals surface area contributed by atoms with E-state index in [1.54, 1.807) is 11.3 Å². The van der Waals surface area contributed by atoms with Crippen LogP contribution in [0.1, 0.15) is 105 Å². The second kappa shape index (κ2) is 16.4. The van der Waals surface area contributed by atoms with Gasteiger partial charge in [-0.25, -0.2) is 4.98 Å². The van der Waals surface area contributed by atoms with Gasteiger partial charge in [0.2, 0.25) is 12.3 Å². The Morgan fingerprint density at radius 3 is 2.37 bits per heavy atom. The van der Waals surface area contributed by atoms with Crippen molar-refractivity contribution in [2.45, 2.75) is 113 Å². The largest absolute Gasteiger partial charge is 0.391 e. The maximum absolute atomic E-state index is 12.4. The van der Waals surface area contributed by atoms with Crippen molar-refractivity contribution in [1.29, 1.82) is 0 Å². The van der Waals surface area contributed by atoms with Crippen LogP contribution >= 0.6 is 11.3 Å². The number of aliphatic hydroxyl groups is 1. The highest BCUT2D eigenvalue weighted by Crippen LogP contribution is 2.50. The molecule has 0 spiro atoms. The number of nitrogens with zero attached hydrogens (tertiary/aromatic N) is 2. The summed E-state index contributed by atoms with van der Waals surface area (Å²) in [5, 5.41) is 12.2. The number of hydrogen-bond acceptors (Lipinski definition) is 5. The van der Waals surface area contributed by atoms with Crippen LogP contribution in [0.5, 0.6) is 0 Å². The summed E-state index contributed by atoms with van der Waals surface area (Å²) in [6, 6.07) is 8.15. The molecular weight excluding hydrogens is 530 g/mol. The van der Waals surface area contributed by atoms with Gasteiger partial charge >= 0.3 is 0 Å². The predicted molar refractivity (Wildman–Crippen MR) is 172 cm³/mol. The third kappa shape index (κ3) is 11.5. The molecule has 2 aliphatic rings. The Kier molecular flexibility index (Phi) is 14.0. The zero-order chi connectivity index (χ0) is 30.6. The molecule has 2 fully saturated rings. The molecular formula is C34H55N3O3S. The zero-order valence-electron chi connectivity index (χ0n) is 26.8. The highest BCUT2D eigenvalue weighted by Gasteiger charge is 2.40. The molecule has 41 heavy (non-hydrogen) atoms. The van der Waals surface area contributed by atoms with Gasteiger partial charge in [-0.05, 0) is 66.4 Å². The summed E-state index contributed by atoms with van der Waals surface area (Å²) >= 11 is 1.64. The number of carbonyl (C=O) groups excluding carboxylic acids is 2. The fourth-order valence-electron chi connectivity index (χ4n) is 5.50. The van der Waals surface area contributed by atoms with E-state index >= 15 is 0 Å². The first-order chi connectivity index (χ1) is 19.3. The number of likely N-dealkylation sites (tertiary alicyclic amines) is 1. The van der Waals surface area contributed by atoms with Crippen molar-refractivity contribution in [3.05, 3.63) is 41.0 Å². The lowest BCUT2D eigenvalue weighted by molar-refractivity contribution is -0.132. The van der Waals surface area contributed by atoms with Crippen LogP contribution in [0, 0.1) is 29.6 Å². The summed E-state index contributed by atoms with van der Waals surface area (Å²) in [5.41, 5.74) is 5.81. The third-order valence-electron chi connectivity index (χ3n) is 8.47. The van der Waals surface area contributed by atoms with Crippen LogP contribution in [-0.4, -0.2) is 46.5 Å². The van der Waals surface area contributed by atoms with E-state index in [-0.39, 0.29) is 12.0 Å². The molecule has 6 nitrogen and oxygen atoms in total. The molecule has 2 heterocycles. The minimum Gasteiger partial charge on any atom is -0.391 e. The van der Waals surface area contributed by atoms with Gasteiger partial charge < -0.3 is 15.3 Å². The predicted octanol–water partition coefficient (Wildman–Crippen LogP) is 7.63. The average Bonchev–Trinajstić information content (AvgIpc) is 3.47. The van der Waals surface area contributed by atoms with E-state index in [0.717, 1.165) is 30.1 Å². The Balaban J connectivity index is 0.000000261. The van der Waals surface area contributed by atoms with E-state index in [0.29, 0.717) is 42.7 Å². The molecule has 2 N–H and O–H groups in total. The summed E-state index contributed by atoms with van der Waals surface area (Å²) in [7, 11) is 0. The number of rotatable bonds is 6. The molecule has 3 atom stereocenters. The van der Waals surface area contributed by atoms with E-state index < -0.39 is 0 Å². The first-order valence-corrected chi connectivity index (χ1v) is 16.3. The molecule has 1 aliphatic carbocycles. The second-order valence-corrected chi connectivity index (χ2v) is 14.7. The molecule has 1 saturated carbocycles. The number of aryl methyl sites for hydroxylation is 1. The van der Waals surface area contributed by atoms with Crippen LogP contribution in [0.3, 0.4) is 0 Å². The third-order valence-corrected chi connectivity index (χ3v) is 9.45. The highest BCUT2D eigenvalue weighted by atomic mass is 32.1. The Morgan fingerprint density at radius 1 is 1.20 bits per heavy atom. The molecule has 1 aromatic heterocycles. The molecule has 7 heteroatoms. The van der Waals surface area contributed by atoms with Gasteiger partial charge in [-0.3, -0.25) is 9.59 Å². The van der Waals surface area contributed by atoms with Crippen molar-refractivity contribution in [3.63, 3.8) is 0 Å². The summed E-state index contributed by atoms with van der Waals surface area (Å²) in [6.45, 7) is 19.8. The molecule has 1 aromatic carbocycles. The van der Waals surface area contributed by atoms with Crippen molar-refractivity contribution in [3.8, 4) is 10.4 Å². The molecule has 3 unspecified atom stereocenters. The van der Waals surface area contributed by atoms with Gasteiger partial charge in [-0.2, -0.15) is 0 Å². The molecule has 1 saturated heterocycles. The minimum absolute atomic E-state index is 0.259. The molecule has 0 bridgehead atoms. The summed E-state index contributed by atoms with van der Waals surface area (Å²) in [6.07, 6.45) is 8.02. The summed E-state index contributed by atoms with van der Waals surface area (Å²) in [5.74, 6) is 1.61. The van der Waals surface area contributed by atoms with Crippen molar-refractivity contribution in [2.24, 2.45) is 22.7 Å². The molecule has 4 rings (SSSR count). The topological polar surface area (TPSA) is 82.5 Å². The number of aromatic nitrogens is 1. The number of aliphatic hydroxyl groups excluding tert-OH is 1. The molecule has 230 valence electrons. The van der Waals surface area contributed by atoms with E-state index in [4.69, 9.17) is 0 Å².